The third-order valence-electron chi connectivity index (χ3n) is 16.9. The van der Waals surface area contributed by atoms with Gasteiger partial charge in [-0.15, -0.1) is 10.8 Å². The number of nitrogens with zero attached hydrogens (tertiary/aromatic N) is 6. The minimum atomic E-state index is 0. The monoisotopic (exact) mass is 1280 g/mol. The Balaban J connectivity index is 0.000000149. The molecule has 0 radical (unpaired) electrons. The van der Waals surface area contributed by atoms with E-state index in [4.69, 9.17) is 9.97 Å². The van der Waals surface area contributed by atoms with Crippen LogP contribution in [0, 0.1) is 12.1 Å². The van der Waals surface area contributed by atoms with Crippen molar-refractivity contribution < 1.29 is 21.1 Å². The van der Waals surface area contributed by atoms with Gasteiger partial charge in [-0.3, -0.25) is 0 Å². The normalized spacial score (nSPS) is 12.0. The number of hydrogen-bond acceptors (Lipinski definition) is 2. The Kier molecular flexibility index (Phi) is 13.1. The zero-order valence-corrected chi connectivity index (χ0v) is 50.5. The van der Waals surface area contributed by atoms with Gasteiger partial charge in [-0.05, 0) is 140 Å². The summed E-state index contributed by atoms with van der Waals surface area (Å²) >= 11 is 0. The van der Waals surface area contributed by atoms with Crippen molar-refractivity contribution in [2.75, 3.05) is 0 Å². The van der Waals surface area contributed by atoms with Gasteiger partial charge in [0.2, 0.25) is 0 Å². The first-order valence-corrected chi connectivity index (χ1v) is 29.0. The molecule has 16 rings (SSSR count). The van der Waals surface area contributed by atoms with Crippen LogP contribution in [0.25, 0.3) is 132 Å². The van der Waals surface area contributed by atoms with Crippen molar-refractivity contribution in [3.8, 4) is 45.3 Å². The molecule has 16 aromatic rings. The van der Waals surface area contributed by atoms with Crippen LogP contribution in [0.4, 0.5) is 0 Å². The summed E-state index contributed by atoms with van der Waals surface area (Å²) in [4.78, 5) is 9.65. The summed E-state index contributed by atoms with van der Waals surface area (Å²) in [5, 5.41) is 9.80. The van der Waals surface area contributed by atoms with Crippen LogP contribution in [0.1, 0.15) is 52.7 Å². The Labute approximate surface area is 509 Å². The van der Waals surface area contributed by atoms with Crippen LogP contribution in [0.15, 0.2) is 255 Å². The van der Waals surface area contributed by atoms with E-state index < -0.39 is 0 Å². The smallest absolute Gasteiger partial charge is 0.319 e. The third-order valence-corrected chi connectivity index (χ3v) is 16.9. The third kappa shape index (κ3) is 8.98. The molecule has 0 N–H and O–H groups in total. The van der Waals surface area contributed by atoms with Crippen LogP contribution in [-0.2, 0) is 31.9 Å². The first kappa shape index (κ1) is 53.4. The molecule has 0 aliphatic heterocycles. The van der Waals surface area contributed by atoms with E-state index in [0.717, 1.165) is 33.7 Å². The van der Waals surface area contributed by atoms with Gasteiger partial charge in [-0.2, -0.15) is 48.5 Å². The van der Waals surface area contributed by atoms with Crippen molar-refractivity contribution >= 4 is 87.2 Å². The second kappa shape index (κ2) is 20.9. The van der Waals surface area contributed by atoms with Crippen LogP contribution >= 0.6 is 0 Å². The number of hydrogen-bond donors (Lipinski definition) is 0. The first-order chi connectivity index (χ1) is 41.0. The molecule has 6 heterocycles. The van der Waals surface area contributed by atoms with E-state index in [-0.39, 0.29) is 31.9 Å². The van der Waals surface area contributed by atoms with Gasteiger partial charge in [0.25, 0.3) is 0 Å². The maximum atomic E-state index is 4.82. The molecule has 0 saturated carbocycles. The Bertz CT molecular complexity index is 4890. The Hall–Kier alpha value is -9.61. The van der Waals surface area contributed by atoms with Gasteiger partial charge < -0.3 is 18.3 Å². The molecule has 0 fully saturated rings. The minimum absolute atomic E-state index is 0. The summed E-state index contributed by atoms with van der Waals surface area (Å²) in [5.41, 5.74) is 19.0. The topological polar surface area (TPSA) is 45.5 Å². The van der Waals surface area contributed by atoms with E-state index in [1.165, 1.54) is 110 Å². The number of benzene rings is 10. The molecule has 0 aliphatic carbocycles. The van der Waals surface area contributed by atoms with Crippen molar-refractivity contribution in [3.05, 3.63) is 278 Å². The summed E-state index contributed by atoms with van der Waals surface area (Å²) in [6.07, 6.45) is 3.85. The molecule has 85 heavy (non-hydrogen) atoms. The van der Waals surface area contributed by atoms with Crippen molar-refractivity contribution in [2.24, 2.45) is 0 Å². The largest absolute Gasteiger partial charge is 2.00 e. The van der Waals surface area contributed by atoms with Gasteiger partial charge in [-0.25, -0.2) is 9.97 Å². The fraction of sp³-hybridized carbons (Fsp3) is 0.103. The molecular formula is C78H60N6Pt. The molecule has 6 nitrogen and oxygen atoms in total. The fourth-order valence-electron chi connectivity index (χ4n) is 12.9. The van der Waals surface area contributed by atoms with Crippen LogP contribution in [0.2, 0.25) is 0 Å². The molecule has 0 saturated heterocycles. The van der Waals surface area contributed by atoms with E-state index >= 15 is 0 Å². The number of fused-ring (bicyclic) bond motifs is 12. The van der Waals surface area contributed by atoms with Gasteiger partial charge in [0, 0.05) is 56.3 Å². The predicted octanol–water partition coefficient (Wildman–Crippen LogP) is 20.1. The van der Waals surface area contributed by atoms with Crippen LogP contribution in [0.5, 0.6) is 0 Å². The van der Waals surface area contributed by atoms with Crippen molar-refractivity contribution in [2.45, 2.75) is 52.4 Å². The number of aromatic nitrogens is 6. The van der Waals surface area contributed by atoms with E-state index in [1.807, 2.05) is 24.5 Å². The maximum Gasteiger partial charge on any atom is 2.00 e. The maximum absolute atomic E-state index is 4.82. The first-order valence-electron chi connectivity index (χ1n) is 29.0. The molecule has 6 aromatic heterocycles. The average Bonchev–Trinajstić information content (AvgIpc) is 3.82. The summed E-state index contributed by atoms with van der Waals surface area (Å²) in [5.74, 6) is 1.84. The minimum Gasteiger partial charge on any atom is -0.319 e. The summed E-state index contributed by atoms with van der Waals surface area (Å²) in [7, 11) is 0. The van der Waals surface area contributed by atoms with E-state index in [9.17, 15) is 0 Å². The molecule has 0 atom stereocenters. The summed E-state index contributed by atoms with van der Waals surface area (Å²) in [6.45, 7) is 13.5. The molecule has 7 heteroatoms. The van der Waals surface area contributed by atoms with Crippen molar-refractivity contribution in [1.82, 2.24) is 28.2 Å². The Morgan fingerprint density at radius 2 is 0.694 bits per heavy atom. The molecular weight excluding hydrogens is 1220 g/mol. The van der Waals surface area contributed by atoms with Gasteiger partial charge in [0.15, 0.2) is 0 Å². The molecule has 412 valence electrons. The van der Waals surface area contributed by atoms with Crippen molar-refractivity contribution in [1.29, 1.82) is 0 Å². The molecule has 0 unspecified atom stereocenters. The summed E-state index contributed by atoms with van der Waals surface area (Å²) < 4.78 is 9.26. The SMILES string of the molecule is CC(C)(C)c1ccnc(-n2c3[c-]cccc3c3cc(-c4cccc5c4c4ccccc4n5-c4ccccc4)ccc32)c1.CC(C)(C)c1ccnc(-n2c3[c-]cccc3c3cc(-c4cccc5c4c4ccccc4n5-c4ccccc4)ccc32)c1.[Pt+2]. The molecule has 0 bridgehead atoms. The van der Waals surface area contributed by atoms with Gasteiger partial charge in [0.1, 0.15) is 11.6 Å². The van der Waals surface area contributed by atoms with Gasteiger partial charge in [0.05, 0.1) is 22.1 Å². The molecule has 10 aromatic carbocycles. The van der Waals surface area contributed by atoms with Gasteiger partial charge in [-0.1, -0.05) is 174 Å². The molecule has 0 aliphatic rings. The Morgan fingerprint density at radius 3 is 1.12 bits per heavy atom. The van der Waals surface area contributed by atoms with E-state index in [0.29, 0.717) is 0 Å². The number of rotatable bonds is 6. The number of para-hydroxylation sites is 6. The predicted molar refractivity (Wildman–Crippen MR) is 352 cm³/mol. The Morgan fingerprint density at radius 1 is 0.318 bits per heavy atom. The fourth-order valence-corrected chi connectivity index (χ4v) is 12.9. The second-order valence-electron chi connectivity index (χ2n) is 24.1. The van der Waals surface area contributed by atoms with Crippen LogP contribution in [-0.4, -0.2) is 28.2 Å². The summed E-state index contributed by atoms with van der Waals surface area (Å²) in [6, 6.07) is 94.0. The van der Waals surface area contributed by atoms with Crippen LogP contribution in [0.3, 0.4) is 0 Å². The van der Waals surface area contributed by atoms with Gasteiger partial charge >= 0.3 is 21.1 Å². The van der Waals surface area contributed by atoms with Crippen LogP contribution < -0.4 is 0 Å². The molecule has 0 spiro atoms. The average molecular weight is 1280 g/mol. The molecule has 0 amide bonds. The number of pyridine rings is 2. The second-order valence-corrected chi connectivity index (χ2v) is 24.1. The standard InChI is InChI=1S/2C39H30N3.Pt/c2*1-39(2,3)27-22-23-40-37(25-27)42-33-17-9-7-14-30(33)32-24-26(20-21-35(32)42)29-16-11-19-36-38(29)31-15-8-10-18-34(31)41(36)28-12-5-4-6-13-28;/h2*4-16,18-25H,1-3H3;/q2*-1;+2. The zero-order chi connectivity index (χ0) is 56.8. The van der Waals surface area contributed by atoms with E-state index in [2.05, 4.69) is 302 Å². The van der Waals surface area contributed by atoms with Crippen molar-refractivity contribution in [3.63, 3.8) is 0 Å². The quantitative estimate of drug-likeness (QED) is 0.156. The zero-order valence-electron chi connectivity index (χ0n) is 48.2. The van der Waals surface area contributed by atoms with E-state index in [1.54, 1.807) is 0 Å².